The molecule has 0 aromatic heterocycles. The lowest BCUT2D eigenvalue weighted by atomic mass is 9.92. The second-order valence-electron chi connectivity index (χ2n) is 8.05. The molecule has 0 radical (unpaired) electrons. The molecule has 2 aromatic carbocycles. The van der Waals surface area contributed by atoms with E-state index >= 15 is 0 Å². The molecule has 0 spiro atoms. The van der Waals surface area contributed by atoms with Crippen LogP contribution in [0.3, 0.4) is 0 Å². The standard InChI is InChI=1S/C24H31NO3/c1-4-5-6-9-18-14-21(26)22(19-10-7-8-16(2)13-19)23(27)20(18)15-25(3)24(28)17-11-12-17/h7-8,10,13-14,17,26-27H,4-6,9,11-12,15H2,1-3H3. The van der Waals surface area contributed by atoms with Crippen molar-refractivity contribution in [2.24, 2.45) is 5.92 Å². The highest BCUT2D eigenvalue weighted by atomic mass is 16.3. The molecule has 0 atom stereocenters. The summed E-state index contributed by atoms with van der Waals surface area (Å²) in [6.45, 7) is 4.50. The van der Waals surface area contributed by atoms with E-state index in [-0.39, 0.29) is 23.3 Å². The number of amides is 1. The van der Waals surface area contributed by atoms with Crippen molar-refractivity contribution in [3.63, 3.8) is 0 Å². The highest BCUT2D eigenvalue weighted by Gasteiger charge is 2.32. The molecule has 1 aliphatic rings. The molecule has 4 nitrogen and oxygen atoms in total. The SMILES string of the molecule is CCCCCc1cc(O)c(-c2cccc(C)c2)c(O)c1CN(C)C(=O)C1CC1. The van der Waals surface area contributed by atoms with Gasteiger partial charge in [-0.1, -0.05) is 49.6 Å². The maximum absolute atomic E-state index is 12.5. The first-order valence-corrected chi connectivity index (χ1v) is 10.3. The fourth-order valence-corrected chi connectivity index (χ4v) is 3.76. The van der Waals surface area contributed by atoms with E-state index in [1.165, 1.54) is 0 Å². The van der Waals surface area contributed by atoms with Gasteiger partial charge in [0.15, 0.2) is 0 Å². The molecule has 1 fully saturated rings. The fourth-order valence-electron chi connectivity index (χ4n) is 3.76. The van der Waals surface area contributed by atoms with Gasteiger partial charge in [-0.3, -0.25) is 4.79 Å². The molecule has 3 rings (SSSR count). The van der Waals surface area contributed by atoms with Crippen LogP contribution in [0.2, 0.25) is 0 Å². The number of hydrogen-bond donors (Lipinski definition) is 2. The second kappa shape index (κ2) is 8.68. The van der Waals surface area contributed by atoms with Gasteiger partial charge in [-0.25, -0.2) is 0 Å². The summed E-state index contributed by atoms with van der Waals surface area (Å²) in [6, 6.07) is 9.52. The number of carbonyl (C=O) groups is 1. The number of carbonyl (C=O) groups excluding carboxylic acids is 1. The molecule has 4 heteroatoms. The third-order valence-electron chi connectivity index (χ3n) is 5.53. The summed E-state index contributed by atoms with van der Waals surface area (Å²) in [4.78, 5) is 14.2. The van der Waals surface area contributed by atoms with Gasteiger partial charge in [0.2, 0.25) is 5.91 Å². The number of unbranched alkanes of at least 4 members (excludes halogenated alkanes) is 2. The van der Waals surface area contributed by atoms with Crippen LogP contribution in [0.5, 0.6) is 11.5 Å². The summed E-state index contributed by atoms with van der Waals surface area (Å²) >= 11 is 0. The zero-order valence-corrected chi connectivity index (χ0v) is 17.2. The van der Waals surface area contributed by atoms with Crippen LogP contribution in [0, 0.1) is 12.8 Å². The first kappa shape index (κ1) is 20.2. The molecule has 0 heterocycles. The van der Waals surface area contributed by atoms with Crippen molar-refractivity contribution in [1.82, 2.24) is 4.90 Å². The van der Waals surface area contributed by atoms with E-state index in [0.29, 0.717) is 12.1 Å². The van der Waals surface area contributed by atoms with Crippen molar-refractivity contribution in [1.29, 1.82) is 0 Å². The normalized spacial score (nSPS) is 13.5. The third-order valence-corrected chi connectivity index (χ3v) is 5.53. The smallest absolute Gasteiger partial charge is 0.225 e. The fraction of sp³-hybridized carbons (Fsp3) is 0.458. The summed E-state index contributed by atoms with van der Waals surface area (Å²) < 4.78 is 0. The number of phenols is 2. The average molecular weight is 382 g/mol. The van der Waals surface area contributed by atoms with E-state index in [1.54, 1.807) is 18.0 Å². The van der Waals surface area contributed by atoms with E-state index in [1.807, 2.05) is 31.2 Å². The summed E-state index contributed by atoms with van der Waals surface area (Å²) in [5.74, 6) is 0.468. The molecule has 1 amide bonds. The van der Waals surface area contributed by atoms with E-state index in [2.05, 4.69) is 6.92 Å². The van der Waals surface area contributed by atoms with Crippen molar-refractivity contribution in [2.75, 3.05) is 7.05 Å². The van der Waals surface area contributed by atoms with Crippen LogP contribution in [-0.2, 0) is 17.8 Å². The Morgan fingerprint density at radius 2 is 1.93 bits per heavy atom. The van der Waals surface area contributed by atoms with Gasteiger partial charge in [0.05, 0.1) is 5.56 Å². The first-order valence-electron chi connectivity index (χ1n) is 10.3. The number of hydrogen-bond acceptors (Lipinski definition) is 3. The van der Waals surface area contributed by atoms with Crippen molar-refractivity contribution in [3.05, 3.63) is 47.0 Å². The number of aryl methyl sites for hydroxylation is 2. The number of nitrogens with zero attached hydrogens (tertiary/aromatic N) is 1. The van der Waals surface area contributed by atoms with Crippen LogP contribution >= 0.6 is 0 Å². The molecule has 0 bridgehead atoms. The summed E-state index contributed by atoms with van der Waals surface area (Å²) in [7, 11) is 1.80. The minimum atomic E-state index is 0.0903. The van der Waals surface area contributed by atoms with Crippen LogP contribution in [0.1, 0.15) is 55.7 Å². The van der Waals surface area contributed by atoms with Crippen LogP contribution in [0.15, 0.2) is 30.3 Å². The van der Waals surface area contributed by atoms with Crippen LogP contribution < -0.4 is 0 Å². The Balaban J connectivity index is 2.01. The third kappa shape index (κ3) is 4.49. The average Bonchev–Trinajstić information content (AvgIpc) is 3.49. The zero-order chi connectivity index (χ0) is 20.3. The zero-order valence-electron chi connectivity index (χ0n) is 17.2. The lowest BCUT2D eigenvalue weighted by Gasteiger charge is -2.22. The first-order chi connectivity index (χ1) is 13.4. The number of aromatic hydroxyl groups is 2. The molecule has 1 saturated carbocycles. The topological polar surface area (TPSA) is 60.8 Å². The van der Waals surface area contributed by atoms with Crippen molar-refractivity contribution >= 4 is 5.91 Å². The highest BCUT2D eigenvalue weighted by molar-refractivity contribution is 5.82. The van der Waals surface area contributed by atoms with Gasteiger partial charge in [-0.15, -0.1) is 0 Å². The van der Waals surface area contributed by atoms with Gasteiger partial charge in [-0.05, 0) is 49.8 Å². The van der Waals surface area contributed by atoms with Gasteiger partial charge in [-0.2, -0.15) is 0 Å². The Morgan fingerprint density at radius 1 is 1.18 bits per heavy atom. The maximum atomic E-state index is 12.5. The van der Waals surface area contributed by atoms with Gasteiger partial charge in [0.1, 0.15) is 11.5 Å². The molecular weight excluding hydrogens is 350 g/mol. The number of rotatable bonds is 8. The summed E-state index contributed by atoms with van der Waals surface area (Å²) in [5.41, 5.74) is 3.97. The van der Waals surface area contributed by atoms with E-state index in [0.717, 1.165) is 60.8 Å². The minimum Gasteiger partial charge on any atom is -0.507 e. The van der Waals surface area contributed by atoms with Crippen LogP contribution in [0.25, 0.3) is 11.1 Å². The molecule has 2 aromatic rings. The monoisotopic (exact) mass is 381 g/mol. The van der Waals surface area contributed by atoms with E-state index in [4.69, 9.17) is 0 Å². The number of benzene rings is 2. The predicted octanol–water partition coefficient (Wildman–Crippen LogP) is 5.17. The second-order valence-corrected chi connectivity index (χ2v) is 8.05. The molecular formula is C24H31NO3. The lowest BCUT2D eigenvalue weighted by Crippen LogP contribution is -2.28. The van der Waals surface area contributed by atoms with Crippen LogP contribution in [-0.4, -0.2) is 28.1 Å². The Bertz CT molecular complexity index is 855. The molecule has 0 saturated heterocycles. The Labute approximate surface area is 167 Å². The quantitative estimate of drug-likeness (QED) is 0.620. The van der Waals surface area contributed by atoms with Gasteiger partial charge >= 0.3 is 0 Å². The van der Waals surface area contributed by atoms with Gasteiger partial charge < -0.3 is 15.1 Å². The Hall–Kier alpha value is -2.49. The largest absolute Gasteiger partial charge is 0.507 e. The van der Waals surface area contributed by atoms with E-state index in [9.17, 15) is 15.0 Å². The molecule has 150 valence electrons. The number of phenolic OH excluding ortho intramolecular Hbond substituents is 2. The maximum Gasteiger partial charge on any atom is 0.225 e. The summed E-state index contributed by atoms with van der Waals surface area (Å²) in [5, 5.41) is 21.8. The van der Waals surface area contributed by atoms with Gasteiger partial charge in [0.25, 0.3) is 0 Å². The minimum absolute atomic E-state index is 0.0903. The van der Waals surface area contributed by atoms with Crippen molar-refractivity contribution in [3.8, 4) is 22.6 Å². The Morgan fingerprint density at radius 3 is 2.57 bits per heavy atom. The van der Waals surface area contributed by atoms with Crippen molar-refractivity contribution < 1.29 is 15.0 Å². The van der Waals surface area contributed by atoms with Gasteiger partial charge in [0, 0.05) is 25.1 Å². The Kier molecular flexibility index (Phi) is 6.28. The predicted molar refractivity (Wildman–Crippen MR) is 112 cm³/mol. The molecule has 28 heavy (non-hydrogen) atoms. The molecule has 0 unspecified atom stereocenters. The molecule has 2 N–H and O–H groups in total. The molecule has 0 aliphatic heterocycles. The highest BCUT2D eigenvalue weighted by Crippen LogP contribution is 2.43. The van der Waals surface area contributed by atoms with Crippen molar-refractivity contribution in [2.45, 2.75) is 58.9 Å². The lowest BCUT2D eigenvalue weighted by molar-refractivity contribution is -0.131. The van der Waals surface area contributed by atoms with Crippen LogP contribution in [0.4, 0.5) is 0 Å². The molecule has 1 aliphatic carbocycles. The van der Waals surface area contributed by atoms with E-state index < -0.39 is 0 Å². The summed E-state index contributed by atoms with van der Waals surface area (Å²) in [6.07, 6.45) is 5.90.